The van der Waals surface area contributed by atoms with Crippen molar-refractivity contribution in [2.24, 2.45) is 0 Å². The topological polar surface area (TPSA) is 334 Å². The third-order valence-electron chi connectivity index (χ3n) is 9.97. The van der Waals surface area contributed by atoms with Gasteiger partial charge >= 0.3 is 138 Å². The number of aromatic nitrogens is 4. The summed E-state index contributed by atoms with van der Waals surface area (Å²) in [5.41, 5.74) is 14.6. The van der Waals surface area contributed by atoms with Crippen LogP contribution in [0.1, 0.15) is 55.0 Å². The van der Waals surface area contributed by atoms with Crippen LogP contribution in [0, 0.1) is 11.3 Å². The Kier molecular flexibility index (Phi) is 38.6. The summed E-state index contributed by atoms with van der Waals surface area (Å²) in [6.07, 6.45) is 2.58. The second-order valence-corrected chi connectivity index (χ2v) is 20.8. The number of anilines is 4. The first-order valence-corrected chi connectivity index (χ1v) is 27.7. The number of nitrogen functional groups attached to an aromatic ring is 2. The number of ether oxygens (including phenoxy) is 3. The van der Waals surface area contributed by atoms with Gasteiger partial charge in [-0.15, -0.1) is 0 Å². The maximum atomic E-state index is 13.7. The van der Waals surface area contributed by atoms with Crippen molar-refractivity contribution in [3.05, 3.63) is 181 Å². The molecule has 0 saturated carbocycles. The number of rotatable bonds is 19. The van der Waals surface area contributed by atoms with Crippen molar-refractivity contribution in [1.82, 2.24) is 18.7 Å². The molecule has 22 nitrogen and oxygen atoms in total. The molecule has 0 aliphatic heterocycles. The Hall–Kier alpha value is -4.42. The van der Waals surface area contributed by atoms with Gasteiger partial charge in [0.2, 0.25) is 10.3 Å². The average molecular weight is 1500 g/mol. The maximum absolute atomic E-state index is 13.7. The molecule has 0 atom stereocenters. The molecule has 82 heavy (non-hydrogen) atoms. The molecule has 2 heterocycles. The van der Waals surface area contributed by atoms with Gasteiger partial charge in [0.15, 0.2) is 18.2 Å². The van der Waals surface area contributed by atoms with Gasteiger partial charge in [0.05, 0.1) is 59.9 Å². The minimum Gasteiger partial charge on any atom is -1.00 e. The molecule has 29 heteroatoms. The molecule has 0 bridgehead atoms. The summed E-state index contributed by atoms with van der Waals surface area (Å²) in [5.74, 6) is 0.991. The van der Waals surface area contributed by atoms with E-state index in [-0.39, 0.29) is 235 Å². The zero-order valence-corrected chi connectivity index (χ0v) is 61.0. The van der Waals surface area contributed by atoms with Crippen LogP contribution in [0.15, 0.2) is 168 Å². The van der Waals surface area contributed by atoms with Crippen molar-refractivity contribution in [3.63, 3.8) is 0 Å². The number of nitriles is 1. The molecule has 0 radical (unpaired) electrons. The van der Waals surface area contributed by atoms with Crippen molar-refractivity contribution >= 4 is 98.7 Å². The van der Waals surface area contributed by atoms with Gasteiger partial charge in [0, 0.05) is 53.2 Å². The zero-order valence-electron chi connectivity index (χ0n) is 44.6. The molecule has 6 aromatic carbocycles. The van der Waals surface area contributed by atoms with E-state index < -0.39 is 20.0 Å². The van der Waals surface area contributed by atoms with Crippen LogP contribution in [-0.2, 0) is 42.8 Å². The number of sulfonamides is 2. The van der Waals surface area contributed by atoms with Crippen LogP contribution in [0.2, 0.25) is 0 Å². The zero-order chi connectivity index (χ0) is 57.1. The Labute approximate surface area is 613 Å². The van der Waals surface area contributed by atoms with Gasteiger partial charge in [0.1, 0.15) is 35.7 Å². The molecule has 426 valence electrons. The van der Waals surface area contributed by atoms with Crippen LogP contribution in [0.5, 0.6) is 23.0 Å². The Bertz CT molecular complexity index is 3420. The van der Waals surface area contributed by atoms with E-state index in [9.17, 15) is 31.5 Å². The Balaban J connectivity index is 0. The van der Waals surface area contributed by atoms with Crippen molar-refractivity contribution in [2.45, 2.75) is 44.7 Å². The molecule has 0 saturated heterocycles. The maximum Gasteiger partial charge on any atom is 1.00 e. The third-order valence-corrected chi connectivity index (χ3v) is 15.6. The predicted molar refractivity (Wildman–Crippen MR) is 310 cm³/mol. The monoisotopic (exact) mass is 1500 g/mol. The number of hydrogen-bond donors (Lipinski definition) is 3. The van der Waals surface area contributed by atoms with Gasteiger partial charge in [-0.1, -0.05) is 116 Å². The molecule has 0 spiro atoms. The van der Waals surface area contributed by atoms with Crippen LogP contribution in [0.25, 0.3) is 0 Å². The summed E-state index contributed by atoms with van der Waals surface area (Å²) in [6.45, 7) is 1.03. The summed E-state index contributed by atoms with van der Waals surface area (Å²) in [7, 11) is -4.95. The molecule has 0 fully saturated rings. The van der Waals surface area contributed by atoms with E-state index in [4.69, 9.17) is 41.0 Å². The van der Waals surface area contributed by atoms with Gasteiger partial charge < -0.3 is 42.4 Å². The van der Waals surface area contributed by atoms with Crippen LogP contribution >= 0.6 is 39.0 Å². The number of alkyl halides is 1. The average Bonchev–Trinajstić information content (AvgIpc) is 4.22. The fourth-order valence-electron chi connectivity index (χ4n) is 6.15. The van der Waals surface area contributed by atoms with Crippen LogP contribution < -0.4 is 177 Å². The predicted octanol–water partition coefficient (Wildman–Crippen LogP) is 2.64. The number of ketones is 2. The molecule has 0 aliphatic carbocycles. The number of aromatic hydroxyl groups is 1. The number of carbonyl (C=O) groups excluding carboxylic acids is 3. The number of hydrogen-bond acceptors (Lipinski definition) is 22. The number of methoxy groups -OCH3 is 2. The molecular weight excluding hydrogens is 1440 g/mol. The summed E-state index contributed by atoms with van der Waals surface area (Å²) < 4.78 is 79.6. The first kappa shape index (κ1) is 77.6. The normalized spacial score (nSPS) is 9.80. The second-order valence-electron chi connectivity index (χ2n) is 15.0. The number of phenols is 1. The van der Waals surface area contributed by atoms with E-state index in [0.717, 1.165) is 54.4 Å². The number of nitrogens with two attached hydrogens (primary N) is 2. The molecule has 5 N–H and O–H groups in total. The largest absolute Gasteiger partial charge is 1.00 e. The first-order chi connectivity index (χ1) is 37.5. The van der Waals surface area contributed by atoms with E-state index >= 15 is 0 Å². The van der Waals surface area contributed by atoms with Gasteiger partial charge in [-0.05, 0) is 59.7 Å². The fourth-order valence-corrected chi connectivity index (χ4v) is 10.8. The second kappa shape index (κ2) is 40.8. The van der Waals surface area contributed by atoms with Gasteiger partial charge in [-0.3, -0.25) is 14.4 Å². The van der Waals surface area contributed by atoms with Crippen molar-refractivity contribution in [2.75, 3.05) is 46.2 Å². The van der Waals surface area contributed by atoms with Gasteiger partial charge in [-0.25, -0.2) is 35.4 Å². The minimum atomic E-state index is -4.08. The van der Waals surface area contributed by atoms with Gasteiger partial charge in [-0.2, -0.15) is 14.0 Å². The van der Waals surface area contributed by atoms with Crippen molar-refractivity contribution in [3.8, 4) is 29.1 Å². The number of halogens is 1. The number of nitrogens with zero attached hydrogens (tertiary/aromatic N) is 7. The van der Waals surface area contributed by atoms with E-state index in [0.29, 0.717) is 22.4 Å². The first-order valence-electron chi connectivity index (χ1n) is 22.2. The Morgan fingerprint density at radius 3 is 1.44 bits per heavy atom. The SMILES string of the molecule is C.C.CC#N.COc1ccc(CN(c2ncns2)S(=O)(=O)c2ccc(N)c(O)c2)cc1.COc1ccc(CN(c2ncns2)S(=O)(=O)c2ccc(N)c(OCC(=O)c3ccccc3)c2)cc1.O=C(CBr)c1ccccc1.O=CO[O-].[Cs+].[Cs+].[H-]. The van der Waals surface area contributed by atoms with Gasteiger partial charge in [0.25, 0.3) is 26.5 Å². The van der Waals surface area contributed by atoms with E-state index in [1.807, 2.05) is 30.3 Å². The molecule has 0 aliphatic rings. The number of benzene rings is 6. The molecule has 0 amide bonds. The van der Waals surface area contributed by atoms with Crippen LogP contribution in [0.3, 0.4) is 0 Å². The molecule has 0 unspecified atom stereocenters. The fraction of sp³-hybridized carbons (Fsp3) is 0.170. The summed E-state index contributed by atoms with van der Waals surface area (Å²) >= 11 is 5.02. The number of carbonyl (C=O) groups is 3. The minimum absolute atomic E-state index is 0. The van der Waals surface area contributed by atoms with E-state index in [1.165, 1.54) is 49.9 Å². The summed E-state index contributed by atoms with van der Waals surface area (Å²) in [6, 6.07) is 41.6. The third kappa shape index (κ3) is 24.3. The Morgan fingerprint density at radius 2 is 1.09 bits per heavy atom. The number of Topliss-reactive ketones (excluding diaryl/α,β-unsaturated/α-hetero) is 2. The molecule has 8 rings (SSSR count). The summed E-state index contributed by atoms with van der Waals surface area (Å²) in [5, 5.41) is 26.4. The number of phenolic OH excluding ortho intramolecular Hbond substituents is 1. The molecular formula is C53H58BrCs2N9O13S4. The van der Waals surface area contributed by atoms with Crippen LogP contribution in [-0.4, -0.2) is 84.9 Å². The van der Waals surface area contributed by atoms with E-state index in [2.05, 4.69) is 39.5 Å². The quantitative estimate of drug-likeness (QED) is 0.0199. The van der Waals surface area contributed by atoms with Crippen molar-refractivity contribution < 1.29 is 200 Å². The van der Waals surface area contributed by atoms with E-state index in [1.54, 1.807) is 99.2 Å². The smallest absolute Gasteiger partial charge is 1.00 e. The molecule has 8 aromatic rings. The summed E-state index contributed by atoms with van der Waals surface area (Å²) in [4.78, 5) is 42.6. The molecule has 2 aromatic heterocycles. The van der Waals surface area contributed by atoms with Crippen LogP contribution in [0.4, 0.5) is 21.6 Å². The van der Waals surface area contributed by atoms with Crippen molar-refractivity contribution in [1.29, 1.82) is 5.26 Å². The standard InChI is InChI=1S/C24H22N4O5S2.C16H16N4O4S2.C8H7BrO.C2H3N.CH2O3.2CH4.2Cs.H/c1-32-19-9-7-17(8-10-19)14-28(24-26-16-27-34-24)35(30,31)20-11-12-21(25)23(13-20)33-15-22(29)18-5-3-2-4-6-18;1-24-12-4-2-11(3-5-12)9-20(16-18-10-19-25-16)26(22,23)13-6-7-14(17)15(21)8-13;9-6-8(10)7-4-2-1-3-5-7;1-2-3;2-1-4-3;;;;;/h2-13,16H,14-15,25H2,1H3;2-8,10,21H,9,17H2,1H3;1-5H,6H2;1H3;1,3H;2*1H4;;;/q;;;;;;;2*+1;-1/p-1. The Morgan fingerprint density at radius 1 is 0.695 bits per heavy atom.